The van der Waals surface area contributed by atoms with Crippen molar-refractivity contribution in [2.45, 2.75) is 58.4 Å². The summed E-state index contributed by atoms with van der Waals surface area (Å²) >= 11 is 0. The van der Waals surface area contributed by atoms with Gasteiger partial charge >= 0.3 is 0 Å². The lowest BCUT2D eigenvalue weighted by atomic mass is 9.84. The largest absolute Gasteiger partial charge is 0.350 e. The zero-order valence-electron chi connectivity index (χ0n) is 12.4. The van der Waals surface area contributed by atoms with Crippen LogP contribution in [0.3, 0.4) is 0 Å². The number of hydrogen-bond donors (Lipinski definition) is 1. The molecule has 0 bridgehead atoms. The van der Waals surface area contributed by atoms with Crippen LogP contribution in [-0.4, -0.2) is 36.5 Å². The van der Waals surface area contributed by atoms with E-state index < -0.39 is 0 Å². The number of amides is 1. The van der Waals surface area contributed by atoms with Gasteiger partial charge in [0.05, 0.1) is 0 Å². The first-order chi connectivity index (χ1) is 8.32. The summed E-state index contributed by atoms with van der Waals surface area (Å²) in [4.78, 5) is 14.3. The zero-order chi connectivity index (χ0) is 13.4. The van der Waals surface area contributed by atoms with Gasteiger partial charge in [-0.25, -0.2) is 0 Å². The van der Waals surface area contributed by atoms with Gasteiger partial charge in [0, 0.05) is 25.0 Å². The van der Waals surface area contributed by atoms with Gasteiger partial charge in [0.2, 0.25) is 5.91 Å². The van der Waals surface area contributed by atoms with Crippen LogP contribution < -0.4 is 5.32 Å². The number of nitrogens with zero attached hydrogens (tertiary/aromatic N) is 1. The molecule has 0 aromatic heterocycles. The van der Waals surface area contributed by atoms with E-state index in [0.717, 1.165) is 25.2 Å². The van der Waals surface area contributed by atoms with E-state index >= 15 is 0 Å². The second-order valence-corrected chi connectivity index (χ2v) is 7.36. The molecule has 1 aliphatic heterocycles. The molecule has 2 fully saturated rings. The lowest BCUT2D eigenvalue weighted by Crippen LogP contribution is -2.46. The average Bonchev–Trinajstić information content (AvgIpc) is 2.95. The molecule has 3 nitrogen and oxygen atoms in total. The second kappa shape index (κ2) is 4.84. The summed E-state index contributed by atoms with van der Waals surface area (Å²) in [6.07, 6.45) is 5.26. The summed E-state index contributed by atoms with van der Waals surface area (Å²) in [5.41, 5.74) is 0.292. The van der Waals surface area contributed by atoms with E-state index in [1.807, 2.05) is 0 Å². The third-order valence-electron chi connectivity index (χ3n) is 4.72. The highest BCUT2D eigenvalue weighted by Crippen LogP contribution is 2.49. The van der Waals surface area contributed by atoms with E-state index in [2.05, 4.69) is 38.0 Å². The minimum absolute atomic E-state index is 0.0980. The highest BCUT2D eigenvalue weighted by atomic mass is 16.1. The Labute approximate surface area is 111 Å². The predicted octanol–water partition coefficient (Wildman–Crippen LogP) is 2.41. The normalized spacial score (nSPS) is 23.6. The van der Waals surface area contributed by atoms with Crippen molar-refractivity contribution in [2.24, 2.45) is 11.3 Å². The molecule has 104 valence electrons. The first-order valence-corrected chi connectivity index (χ1v) is 7.32. The SMILES string of the molecule is CN1CC(CCCC(=O)NC2(C(C)(C)C)CC2)C1. The molecule has 1 amide bonds. The van der Waals surface area contributed by atoms with Gasteiger partial charge in [-0.1, -0.05) is 20.8 Å². The van der Waals surface area contributed by atoms with Gasteiger partial charge in [-0.05, 0) is 44.1 Å². The van der Waals surface area contributed by atoms with Crippen molar-refractivity contribution in [1.82, 2.24) is 10.2 Å². The molecular formula is C15H28N2O. The van der Waals surface area contributed by atoms with Crippen molar-refractivity contribution >= 4 is 5.91 Å². The highest BCUT2D eigenvalue weighted by molar-refractivity contribution is 5.77. The monoisotopic (exact) mass is 252 g/mol. The van der Waals surface area contributed by atoms with Gasteiger partial charge < -0.3 is 10.2 Å². The van der Waals surface area contributed by atoms with E-state index in [0.29, 0.717) is 6.42 Å². The topological polar surface area (TPSA) is 32.3 Å². The Morgan fingerprint density at radius 3 is 2.39 bits per heavy atom. The van der Waals surface area contributed by atoms with Crippen LogP contribution in [0, 0.1) is 11.3 Å². The molecule has 0 unspecified atom stereocenters. The van der Waals surface area contributed by atoms with Gasteiger partial charge in [0.15, 0.2) is 0 Å². The van der Waals surface area contributed by atoms with Gasteiger partial charge in [0.1, 0.15) is 0 Å². The first-order valence-electron chi connectivity index (χ1n) is 7.32. The molecular weight excluding hydrogens is 224 g/mol. The Morgan fingerprint density at radius 2 is 1.94 bits per heavy atom. The fourth-order valence-electron chi connectivity index (χ4n) is 3.08. The van der Waals surface area contributed by atoms with Crippen molar-refractivity contribution in [2.75, 3.05) is 20.1 Å². The lowest BCUT2D eigenvalue weighted by molar-refractivity contribution is -0.123. The molecule has 18 heavy (non-hydrogen) atoms. The summed E-state index contributed by atoms with van der Waals surface area (Å²) in [5.74, 6) is 1.09. The molecule has 1 saturated carbocycles. The predicted molar refractivity (Wildman–Crippen MR) is 74.4 cm³/mol. The number of hydrogen-bond acceptors (Lipinski definition) is 2. The maximum Gasteiger partial charge on any atom is 0.220 e. The summed E-state index contributed by atoms with van der Waals surface area (Å²) in [5, 5.41) is 3.28. The Morgan fingerprint density at radius 1 is 1.33 bits per heavy atom. The van der Waals surface area contributed by atoms with E-state index in [9.17, 15) is 4.79 Å². The minimum atomic E-state index is 0.0980. The summed E-state index contributed by atoms with van der Waals surface area (Å²) in [6.45, 7) is 9.11. The Kier molecular flexibility index (Phi) is 3.72. The molecule has 1 heterocycles. The molecule has 3 heteroatoms. The van der Waals surface area contributed by atoms with E-state index in [-0.39, 0.29) is 16.9 Å². The molecule has 0 radical (unpaired) electrons. The van der Waals surface area contributed by atoms with Crippen molar-refractivity contribution in [3.8, 4) is 0 Å². The van der Waals surface area contributed by atoms with Crippen LogP contribution >= 0.6 is 0 Å². The number of likely N-dealkylation sites (tertiary alicyclic amines) is 1. The van der Waals surface area contributed by atoms with Crippen LogP contribution in [0.1, 0.15) is 52.9 Å². The number of carbonyl (C=O) groups excluding carboxylic acids is 1. The molecule has 0 spiro atoms. The maximum absolute atomic E-state index is 12.0. The van der Waals surface area contributed by atoms with E-state index in [1.165, 1.54) is 19.5 Å². The van der Waals surface area contributed by atoms with Crippen molar-refractivity contribution in [3.63, 3.8) is 0 Å². The average molecular weight is 252 g/mol. The van der Waals surface area contributed by atoms with Crippen LogP contribution in [0.5, 0.6) is 0 Å². The van der Waals surface area contributed by atoms with Gasteiger partial charge in [-0.3, -0.25) is 4.79 Å². The van der Waals surface area contributed by atoms with Crippen LogP contribution in [-0.2, 0) is 4.79 Å². The minimum Gasteiger partial charge on any atom is -0.350 e. The summed E-state index contributed by atoms with van der Waals surface area (Å²) in [6, 6.07) is 0. The molecule has 2 aliphatic rings. The molecule has 1 aliphatic carbocycles. The third kappa shape index (κ3) is 3.05. The molecule has 1 saturated heterocycles. The molecule has 0 aromatic rings. The fourth-order valence-corrected chi connectivity index (χ4v) is 3.08. The zero-order valence-corrected chi connectivity index (χ0v) is 12.4. The van der Waals surface area contributed by atoms with Crippen molar-refractivity contribution < 1.29 is 4.79 Å². The van der Waals surface area contributed by atoms with Crippen molar-refractivity contribution in [3.05, 3.63) is 0 Å². The standard InChI is InChI=1S/C15H28N2O/c1-14(2,3)15(8-9-15)16-13(18)7-5-6-12-10-17(4)11-12/h12H,5-11H2,1-4H3,(H,16,18). The maximum atomic E-state index is 12.0. The third-order valence-corrected chi connectivity index (χ3v) is 4.72. The number of rotatable bonds is 5. The van der Waals surface area contributed by atoms with Gasteiger partial charge in [-0.15, -0.1) is 0 Å². The fraction of sp³-hybridized carbons (Fsp3) is 0.933. The summed E-state index contributed by atoms with van der Waals surface area (Å²) in [7, 11) is 2.16. The Balaban J connectivity index is 1.64. The van der Waals surface area contributed by atoms with Gasteiger partial charge in [-0.2, -0.15) is 0 Å². The Bertz CT molecular complexity index is 309. The number of nitrogens with one attached hydrogen (secondary N) is 1. The van der Waals surface area contributed by atoms with Crippen LogP contribution in [0.25, 0.3) is 0 Å². The van der Waals surface area contributed by atoms with E-state index in [1.54, 1.807) is 0 Å². The second-order valence-electron chi connectivity index (χ2n) is 7.36. The molecule has 0 aromatic carbocycles. The lowest BCUT2D eigenvalue weighted by Gasteiger charge is -2.36. The molecule has 2 rings (SSSR count). The van der Waals surface area contributed by atoms with Crippen LogP contribution in [0.4, 0.5) is 0 Å². The Hall–Kier alpha value is -0.570. The first kappa shape index (κ1) is 13.9. The van der Waals surface area contributed by atoms with E-state index in [4.69, 9.17) is 0 Å². The quantitative estimate of drug-likeness (QED) is 0.815. The smallest absolute Gasteiger partial charge is 0.220 e. The summed E-state index contributed by atoms with van der Waals surface area (Å²) < 4.78 is 0. The van der Waals surface area contributed by atoms with Crippen molar-refractivity contribution in [1.29, 1.82) is 0 Å². The van der Waals surface area contributed by atoms with Crippen LogP contribution in [0.15, 0.2) is 0 Å². The highest BCUT2D eigenvalue weighted by Gasteiger charge is 2.52. The number of carbonyl (C=O) groups is 1. The molecule has 0 atom stereocenters. The molecule has 1 N–H and O–H groups in total. The van der Waals surface area contributed by atoms with Gasteiger partial charge in [0.25, 0.3) is 0 Å². The van der Waals surface area contributed by atoms with Crippen LogP contribution in [0.2, 0.25) is 0 Å².